The zero-order valence-corrected chi connectivity index (χ0v) is 10.2. The second-order valence-electron chi connectivity index (χ2n) is 4.54. The number of rotatable bonds is 3. The van der Waals surface area contributed by atoms with E-state index < -0.39 is 11.4 Å². The van der Waals surface area contributed by atoms with Crippen LogP contribution in [0.4, 0.5) is 0 Å². The summed E-state index contributed by atoms with van der Waals surface area (Å²) in [6, 6.07) is 2.54. The van der Waals surface area contributed by atoms with Crippen LogP contribution in [0.2, 0.25) is 0 Å². The van der Waals surface area contributed by atoms with E-state index >= 15 is 0 Å². The molecule has 102 valence electrons. The van der Waals surface area contributed by atoms with Crippen LogP contribution < -0.4 is 16.6 Å². The van der Waals surface area contributed by atoms with Crippen molar-refractivity contribution in [2.45, 2.75) is 31.2 Å². The van der Waals surface area contributed by atoms with Crippen molar-refractivity contribution >= 4 is 11.7 Å². The van der Waals surface area contributed by atoms with Gasteiger partial charge in [-0.1, -0.05) is 18.0 Å². The molecule has 2 rings (SSSR count). The van der Waals surface area contributed by atoms with Gasteiger partial charge in [-0.15, -0.1) is 0 Å². The number of oxime groups is 1. The minimum absolute atomic E-state index is 0.0113. The molecule has 1 fully saturated rings. The van der Waals surface area contributed by atoms with Gasteiger partial charge >= 0.3 is 0 Å². The molecule has 8 nitrogen and oxygen atoms in total. The zero-order valence-electron chi connectivity index (χ0n) is 10.2. The van der Waals surface area contributed by atoms with Gasteiger partial charge in [0.15, 0.2) is 5.84 Å². The Labute approximate surface area is 108 Å². The van der Waals surface area contributed by atoms with Crippen molar-refractivity contribution in [3.63, 3.8) is 0 Å². The zero-order chi connectivity index (χ0) is 13.9. The third-order valence-corrected chi connectivity index (χ3v) is 3.32. The number of carbonyl (C=O) groups is 1. The summed E-state index contributed by atoms with van der Waals surface area (Å²) in [7, 11) is 0. The normalized spacial score (nSPS) is 18.2. The molecule has 1 aromatic heterocycles. The smallest absolute Gasteiger partial charge is 0.272 e. The second-order valence-corrected chi connectivity index (χ2v) is 4.54. The quantitative estimate of drug-likeness (QED) is 0.254. The summed E-state index contributed by atoms with van der Waals surface area (Å²) in [4.78, 5) is 22.9. The van der Waals surface area contributed by atoms with Crippen molar-refractivity contribution in [1.82, 2.24) is 15.5 Å². The molecule has 1 amide bonds. The molecule has 0 unspecified atom stereocenters. The lowest BCUT2D eigenvalue weighted by Crippen LogP contribution is -2.55. The minimum Gasteiger partial charge on any atom is -0.409 e. The molecular formula is C11H15N5O3. The molecule has 8 heteroatoms. The number of nitrogens with two attached hydrogens (primary N) is 1. The lowest BCUT2D eigenvalue weighted by atomic mass is 9.96. The summed E-state index contributed by atoms with van der Waals surface area (Å²) in [6.07, 6.45) is 2.99. The fourth-order valence-electron chi connectivity index (χ4n) is 2.27. The Bertz CT molecular complexity index is 539. The summed E-state index contributed by atoms with van der Waals surface area (Å²) in [6.45, 7) is 0. The van der Waals surface area contributed by atoms with Crippen LogP contribution in [0.1, 0.15) is 36.2 Å². The average Bonchev–Trinajstić information content (AvgIpc) is 2.88. The molecule has 0 radical (unpaired) electrons. The number of aromatic nitrogens is 2. The van der Waals surface area contributed by atoms with E-state index in [0.717, 1.165) is 12.8 Å². The van der Waals surface area contributed by atoms with Gasteiger partial charge in [0.25, 0.3) is 11.5 Å². The van der Waals surface area contributed by atoms with Crippen LogP contribution in [-0.2, 0) is 0 Å². The molecule has 0 aromatic carbocycles. The number of hydrogen-bond acceptors (Lipinski definition) is 5. The van der Waals surface area contributed by atoms with Gasteiger partial charge < -0.3 is 16.3 Å². The Morgan fingerprint density at radius 3 is 2.68 bits per heavy atom. The topological polar surface area (TPSA) is 133 Å². The maximum absolute atomic E-state index is 12.0. The standard InChI is InChI=1S/C11H15N5O3/c12-10(16-19)11(5-1-2-6-11)13-9(18)7-3-4-8(17)15-14-7/h3-4,19H,1-2,5-6H2,(H2,12,16)(H,13,18)(H,15,17). The van der Waals surface area contributed by atoms with Gasteiger partial charge in [0, 0.05) is 6.07 Å². The van der Waals surface area contributed by atoms with E-state index in [1.165, 1.54) is 12.1 Å². The monoisotopic (exact) mass is 265 g/mol. The molecule has 1 aliphatic carbocycles. The van der Waals surface area contributed by atoms with Gasteiger partial charge in [-0.25, -0.2) is 5.10 Å². The average molecular weight is 265 g/mol. The van der Waals surface area contributed by atoms with Gasteiger partial charge in [0.2, 0.25) is 0 Å². The van der Waals surface area contributed by atoms with Crippen molar-refractivity contribution in [3.05, 3.63) is 28.2 Å². The number of amidine groups is 1. The van der Waals surface area contributed by atoms with E-state index in [2.05, 4.69) is 20.7 Å². The number of carbonyl (C=O) groups excluding carboxylic acids is 1. The van der Waals surface area contributed by atoms with Gasteiger partial charge in [0.1, 0.15) is 11.2 Å². The van der Waals surface area contributed by atoms with E-state index in [4.69, 9.17) is 10.9 Å². The van der Waals surface area contributed by atoms with Crippen molar-refractivity contribution < 1.29 is 10.0 Å². The van der Waals surface area contributed by atoms with Crippen LogP contribution in [0.5, 0.6) is 0 Å². The van der Waals surface area contributed by atoms with Crippen LogP contribution >= 0.6 is 0 Å². The number of nitrogens with zero attached hydrogens (tertiary/aromatic N) is 2. The first kappa shape index (κ1) is 13.1. The molecular weight excluding hydrogens is 250 g/mol. The van der Waals surface area contributed by atoms with Crippen molar-refractivity contribution in [1.29, 1.82) is 0 Å². The Morgan fingerprint density at radius 1 is 1.47 bits per heavy atom. The van der Waals surface area contributed by atoms with Crippen molar-refractivity contribution in [2.24, 2.45) is 10.9 Å². The van der Waals surface area contributed by atoms with Crippen LogP contribution in [0.3, 0.4) is 0 Å². The summed E-state index contributed by atoms with van der Waals surface area (Å²) in [5, 5.41) is 20.4. The highest BCUT2D eigenvalue weighted by Crippen LogP contribution is 2.30. The summed E-state index contributed by atoms with van der Waals surface area (Å²) in [5.41, 5.74) is 4.54. The Kier molecular flexibility index (Phi) is 3.50. The number of aromatic amines is 1. The van der Waals surface area contributed by atoms with Crippen LogP contribution in [0.15, 0.2) is 22.1 Å². The molecule has 1 heterocycles. The lowest BCUT2D eigenvalue weighted by molar-refractivity contribution is 0.0916. The minimum atomic E-state index is -0.830. The van der Waals surface area contributed by atoms with Gasteiger partial charge in [-0.2, -0.15) is 5.10 Å². The molecule has 1 saturated carbocycles. The first-order valence-corrected chi connectivity index (χ1v) is 5.94. The Hall–Kier alpha value is -2.38. The molecule has 0 spiro atoms. The van der Waals surface area contributed by atoms with Crippen LogP contribution in [-0.4, -0.2) is 32.7 Å². The maximum atomic E-state index is 12.0. The fourth-order valence-corrected chi connectivity index (χ4v) is 2.27. The SMILES string of the molecule is N/C(=N/O)C1(NC(=O)c2ccc(=O)[nH]n2)CCCC1. The Balaban J connectivity index is 2.20. The van der Waals surface area contributed by atoms with Crippen LogP contribution in [0, 0.1) is 0 Å². The van der Waals surface area contributed by atoms with Crippen molar-refractivity contribution in [3.8, 4) is 0 Å². The predicted molar refractivity (Wildman–Crippen MR) is 66.9 cm³/mol. The van der Waals surface area contributed by atoms with Crippen LogP contribution in [0.25, 0.3) is 0 Å². The van der Waals surface area contributed by atoms with E-state index in [1.807, 2.05) is 0 Å². The number of nitrogens with one attached hydrogen (secondary N) is 2. The van der Waals surface area contributed by atoms with Gasteiger partial charge in [-0.3, -0.25) is 9.59 Å². The first-order chi connectivity index (χ1) is 9.07. The molecule has 19 heavy (non-hydrogen) atoms. The molecule has 0 saturated heterocycles. The maximum Gasteiger partial charge on any atom is 0.272 e. The Morgan fingerprint density at radius 2 is 2.16 bits per heavy atom. The molecule has 0 aliphatic heterocycles. The van der Waals surface area contributed by atoms with Gasteiger partial charge in [0.05, 0.1) is 0 Å². The molecule has 5 N–H and O–H groups in total. The first-order valence-electron chi connectivity index (χ1n) is 5.94. The van der Waals surface area contributed by atoms with E-state index in [1.54, 1.807) is 0 Å². The molecule has 0 bridgehead atoms. The molecule has 1 aliphatic rings. The van der Waals surface area contributed by atoms with E-state index in [0.29, 0.717) is 12.8 Å². The summed E-state index contributed by atoms with van der Waals surface area (Å²) < 4.78 is 0. The highest BCUT2D eigenvalue weighted by molar-refractivity contribution is 5.99. The highest BCUT2D eigenvalue weighted by Gasteiger charge is 2.40. The summed E-state index contributed by atoms with van der Waals surface area (Å²) >= 11 is 0. The second kappa shape index (κ2) is 5.09. The molecule has 1 aromatic rings. The summed E-state index contributed by atoms with van der Waals surface area (Å²) in [5.74, 6) is -0.479. The third kappa shape index (κ3) is 2.56. The number of amides is 1. The lowest BCUT2D eigenvalue weighted by Gasteiger charge is -2.28. The predicted octanol–water partition coefficient (Wildman–Crippen LogP) is -0.441. The van der Waals surface area contributed by atoms with E-state index in [-0.39, 0.29) is 17.1 Å². The van der Waals surface area contributed by atoms with Gasteiger partial charge in [-0.05, 0) is 18.9 Å². The third-order valence-electron chi connectivity index (χ3n) is 3.32. The number of H-pyrrole nitrogens is 1. The largest absolute Gasteiger partial charge is 0.409 e. The molecule has 0 atom stereocenters. The fraction of sp³-hybridized carbons (Fsp3) is 0.455. The highest BCUT2D eigenvalue weighted by atomic mass is 16.4. The van der Waals surface area contributed by atoms with Crippen molar-refractivity contribution in [2.75, 3.05) is 0 Å². The number of hydrogen-bond donors (Lipinski definition) is 4. The van der Waals surface area contributed by atoms with E-state index in [9.17, 15) is 9.59 Å².